The first-order valence-corrected chi connectivity index (χ1v) is 8.82. The lowest BCUT2D eigenvalue weighted by Crippen LogP contribution is -2.44. The molecule has 2 aromatic rings. The van der Waals surface area contributed by atoms with Gasteiger partial charge in [0.05, 0.1) is 19.6 Å². The van der Waals surface area contributed by atoms with Crippen LogP contribution in [0, 0.1) is 0 Å². The van der Waals surface area contributed by atoms with E-state index in [1.54, 1.807) is 18.2 Å². The molecule has 1 fully saturated rings. The minimum atomic E-state index is -0.662. The standard InChI is InChI=1S/C21H23NO5/c1-25-18-9-8-16(14-17(18)19(23)26-2)22-20(24)21(10-12-27-13-11-21)15-6-4-3-5-7-15/h3-9,14H,10-13H2,1-2H3,(H,22,24). The average Bonchev–Trinajstić information content (AvgIpc) is 2.74. The number of nitrogens with one attached hydrogen (secondary N) is 1. The van der Waals surface area contributed by atoms with Crippen LogP contribution in [0.2, 0.25) is 0 Å². The molecule has 1 N–H and O–H groups in total. The van der Waals surface area contributed by atoms with Crippen LogP contribution in [0.4, 0.5) is 5.69 Å². The van der Waals surface area contributed by atoms with E-state index >= 15 is 0 Å². The third-order valence-corrected chi connectivity index (χ3v) is 4.97. The molecule has 0 bridgehead atoms. The molecule has 1 heterocycles. The molecular weight excluding hydrogens is 346 g/mol. The lowest BCUT2D eigenvalue weighted by molar-refractivity contribution is -0.125. The zero-order chi connectivity index (χ0) is 19.3. The van der Waals surface area contributed by atoms with Crippen molar-refractivity contribution in [3.05, 3.63) is 59.7 Å². The van der Waals surface area contributed by atoms with Crippen molar-refractivity contribution in [1.29, 1.82) is 0 Å². The SMILES string of the molecule is COC(=O)c1cc(NC(=O)C2(c3ccccc3)CCOCC2)ccc1OC. The van der Waals surface area contributed by atoms with Gasteiger partial charge in [0.25, 0.3) is 0 Å². The number of anilines is 1. The summed E-state index contributed by atoms with van der Waals surface area (Å²) in [6.45, 7) is 1.05. The van der Waals surface area contributed by atoms with Gasteiger partial charge in [-0.1, -0.05) is 30.3 Å². The molecule has 1 amide bonds. The van der Waals surface area contributed by atoms with Crippen molar-refractivity contribution in [3.8, 4) is 5.75 Å². The van der Waals surface area contributed by atoms with Gasteiger partial charge in [-0.25, -0.2) is 4.79 Å². The number of carbonyl (C=O) groups is 2. The summed E-state index contributed by atoms with van der Waals surface area (Å²) in [5, 5.41) is 2.96. The molecule has 0 saturated carbocycles. The molecule has 0 aromatic heterocycles. The normalized spacial score (nSPS) is 15.6. The minimum Gasteiger partial charge on any atom is -0.496 e. The molecule has 6 heteroatoms. The highest BCUT2D eigenvalue weighted by Gasteiger charge is 2.41. The summed E-state index contributed by atoms with van der Waals surface area (Å²) < 4.78 is 15.5. The van der Waals surface area contributed by atoms with E-state index in [2.05, 4.69) is 5.32 Å². The number of carbonyl (C=O) groups excluding carboxylic acids is 2. The minimum absolute atomic E-state index is 0.113. The molecule has 0 atom stereocenters. The topological polar surface area (TPSA) is 73.9 Å². The zero-order valence-corrected chi connectivity index (χ0v) is 15.5. The number of amides is 1. The maximum absolute atomic E-state index is 13.3. The predicted octanol–water partition coefficient (Wildman–Crippen LogP) is 3.17. The van der Waals surface area contributed by atoms with Crippen molar-refractivity contribution in [1.82, 2.24) is 0 Å². The van der Waals surface area contributed by atoms with Crippen molar-refractivity contribution in [2.45, 2.75) is 18.3 Å². The van der Waals surface area contributed by atoms with Gasteiger partial charge in [0, 0.05) is 18.9 Å². The molecule has 27 heavy (non-hydrogen) atoms. The van der Waals surface area contributed by atoms with Crippen LogP contribution in [0.25, 0.3) is 0 Å². The highest BCUT2D eigenvalue weighted by molar-refractivity contribution is 6.01. The summed E-state index contributed by atoms with van der Waals surface area (Å²) in [4.78, 5) is 25.3. The first kappa shape index (κ1) is 18.9. The Hall–Kier alpha value is -2.86. The Morgan fingerprint density at radius 3 is 2.37 bits per heavy atom. The van der Waals surface area contributed by atoms with E-state index in [1.165, 1.54) is 14.2 Å². The molecule has 1 saturated heterocycles. The number of ether oxygens (including phenoxy) is 3. The maximum Gasteiger partial charge on any atom is 0.341 e. The summed E-state index contributed by atoms with van der Waals surface area (Å²) >= 11 is 0. The lowest BCUT2D eigenvalue weighted by Gasteiger charge is -2.36. The van der Waals surface area contributed by atoms with Gasteiger partial charge >= 0.3 is 5.97 Å². The van der Waals surface area contributed by atoms with Crippen LogP contribution in [-0.4, -0.2) is 39.3 Å². The molecule has 1 aliphatic heterocycles. The lowest BCUT2D eigenvalue weighted by atomic mass is 9.73. The molecule has 3 rings (SSSR count). The molecule has 142 valence electrons. The quantitative estimate of drug-likeness (QED) is 0.820. The summed E-state index contributed by atoms with van der Waals surface area (Å²) in [5.41, 5.74) is 1.08. The number of esters is 1. The van der Waals surface area contributed by atoms with E-state index in [4.69, 9.17) is 14.2 Å². The van der Waals surface area contributed by atoms with E-state index < -0.39 is 11.4 Å². The maximum atomic E-state index is 13.3. The second-order valence-electron chi connectivity index (χ2n) is 6.42. The number of methoxy groups -OCH3 is 2. The van der Waals surface area contributed by atoms with Crippen LogP contribution >= 0.6 is 0 Å². The van der Waals surface area contributed by atoms with E-state index in [-0.39, 0.29) is 11.5 Å². The van der Waals surface area contributed by atoms with E-state index in [0.29, 0.717) is 37.5 Å². The summed E-state index contributed by atoms with van der Waals surface area (Å²) in [7, 11) is 2.78. The smallest absolute Gasteiger partial charge is 0.341 e. The number of hydrogen-bond donors (Lipinski definition) is 1. The Labute approximate surface area is 158 Å². The van der Waals surface area contributed by atoms with Crippen LogP contribution in [0.15, 0.2) is 48.5 Å². The van der Waals surface area contributed by atoms with Gasteiger partial charge in [0.15, 0.2) is 0 Å². The average molecular weight is 369 g/mol. The van der Waals surface area contributed by atoms with Gasteiger partial charge in [-0.15, -0.1) is 0 Å². The number of benzene rings is 2. The van der Waals surface area contributed by atoms with E-state index in [9.17, 15) is 9.59 Å². The fourth-order valence-corrected chi connectivity index (χ4v) is 3.43. The fraction of sp³-hybridized carbons (Fsp3) is 0.333. The third kappa shape index (κ3) is 3.80. The predicted molar refractivity (Wildman–Crippen MR) is 101 cm³/mol. The van der Waals surface area contributed by atoms with Crippen molar-refractivity contribution in [2.75, 3.05) is 32.8 Å². The Bertz CT molecular complexity index is 813. The Balaban J connectivity index is 1.91. The van der Waals surface area contributed by atoms with Crippen molar-refractivity contribution in [2.24, 2.45) is 0 Å². The molecule has 1 aliphatic rings. The second-order valence-corrected chi connectivity index (χ2v) is 6.42. The molecular formula is C21H23NO5. The van der Waals surface area contributed by atoms with Gasteiger partial charge in [-0.2, -0.15) is 0 Å². The van der Waals surface area contributed by atoms with Gasteiger partial charge in [0.2, 0.25) is 5.91 Å². The van der Waals surface area contributed by atoms with Crippen LogP contribution in [0.3, 0.4) is 0 Å². The highest BCUT2D eigenvalue weighted by atomic mass is 16.5. The summed E-state index contributed by atoms with van der Waals surface area (Å²) in [5.74, 6) is -0.242. The van der Waals surface area contributed by atoms with E-state index in [0.717, 1.165) is 5.56 Å². The zero-order valence-electron chi connectivity index (χ0n) is 15.5. The fourth-order valence-electron chi connectivity index (χ4n) is 3.43. The van der Waals surface area contributed by atoms with Crippen molar-refractivity contribution < 1.29 is 23.8 Å². The highest BCUT2D eigenvalue weighted by Crippen LogP contribution is 2.36. The van der Waals surface area contributed by atoms with Gasteiger partial charge in [-0.05, 0) is 36.6 Å². The van der Waals surface area contributed by atoms with Gasteiger partial charge < -0.3 is 19.5 Å². The van der Waals surface area contributed by atoms with E-state index in [1.807, 2.05) is 30.3 Å². The van der Waals surface area contributed by atoms with Crippen LogP contribution in [0.1, 0.15) is 28.8 Å². The van der Waals surface area contributed by atoms with Crippen LogP contribution in [0.5, 0.6) is 5.75 Å². The molecule has 6 nitrogen and oxygen atoms in total. The second kappa shape index (κ2) is 8.22. The number of hydrogen-bond acceptors (Lipinski definition) is 5. The van der Waals surface area contributed by atoms with Crippen LogP contribution in [-0.2, 0) is 19.7 Å². The molecule has 0 spiro atoms. The van der Waals surface area contributed by atoms with Gasteiger partial charge in [0.1, 0.15) is 11.3 Å². The number of rotatable bonds is 5. The molecule has 0 aliphatic carbocycles. The van der Waals surface area contributed by atoms with Crippen molar-refractivity contribution in [3.63, 3.8) is 0 Å². The summed E-state index contributed by atoms with van der Waals surface area (Å²) in [6, 6.07) is 14.7. The molecule has 0 unspecified atom stereocenters. The monoisotopic (exact) mass is 369 g/mol. The van der Waals surface area contributed by atoms with Gasteiger partial charge in [-0.3, -0.25) is 4.79 Å². The first-order chi connectivity index (χ1) is 13.1. The Morgan fingerprint density at radius 1 is 1.04 bits per heavy atom. The summed E-state index contributed by atoms with van der Waals surface area (Å²) in [6.07, 6.45) is 1.20. The molecule has 0 radical (unpaired) electrons. The Morgan fingerprint density at radius 2 is 1.74 bits per heavy atom. The largest absolute Gasteiger partial charge is 0.496 e. The molecule has 2 aromatic carbocycles. The third-order valence-electron chi connectivity index (χ3n) is 4.97. The van der Waals surface area contributed by atoms with Crippen molar-refractivity contribution >= 4 is 17.6 Å². The Kier molecular flexibility index (Phi) is 5.76. The first-order valence-electron chi connectivity index (χ1n) is 8.82. The van der Waals surface area contributed by atoms with Crippen LogP contribution < -0.4 is 10.1 Å².